The smallest absolute Gasteiger partial charge is 0.0582 e. The molecule has 0 aliphatic heterocycles. The van der Waals surface area contributed by atoms with Crippen LogP contribution in [0.15, 0.2) is 28.7 Å². The van der Waals surface area contributed by atoms with Gasteiger partial charge in [-0.1, -0.05) is 35.0 Å². The largest absolute Gasteiger partial charge is 0.395 e. The summed E-state index contributed by atoms with van der Waals surface area (Å²) < 4.78 is 1.09. The highest BCUT2D eigenvalue weighted by Crippen LogP contribution is 2.19. The lowest BCUT2D eigenvalue weighted by Crippen LogP contribution is -2.32. The van der Waals surface area contributed by atoms with Gasteiger partial charge in [0.15, 0.2) is 0 Å². The molecular formula is C12H18BrNO. The number of rotatable bonds is 5. The lowest BCUT2D eigenvalue weighted by Gasteiger charge is -2.21. The highest BCUT2D eigenvalue weighted by Gasteiger charge is 2.11. The molecule has 0 heterocycles. The highest BCUT2D eigenvalue weighted by molar-refractivity contribution is 9.10. The van der Waals surface area contributed by atoms with E-state index in [0.717, 1.165) is 10.9 Å². The Bertz CT molecular complexity index is 286. The van der Waals surface area contributed by atoms with E-state index in [1.807, 2.05) is 19.1 Å². The summed E-state index contributed by atoms with van der Waals surface area (Å²) in [4.78, 5) is 0. The molecule has 0 aliphatic carbocycles. The summed E-state index contributed by atoms with van der Waals surface area (Å²) in [5.41, 5.74) is 1.26. The summed E-state index contributed by atoms with van der Waals surface area (Å²) >= 11 is 3.42. The predicted molar refractivity (Wildman–Crippen MR) is 66.9 cm³/mol. The van der Waals surface area contributed by atoms with Crippen LogP contribution in [0, 0.1) is 0 Å². The molecule has 3 heteroatoms. The maximum Gasteiger partial charge on any atom is 0.0582 e. The van der Waals surface area contributed by atoms with E-state index in [1.54, 1.807) is 0 Å². The van der Waals surface area contributed by atoms with Crippen molar-refractivity contribution >= 4 is 15.9 Å². The standard InChI is InChI=1S/C12H18BrNO/c1-3-12(14-9(2)8-15)10-4-6-11(13)7-5-10/h4-7,9,12,14-15H,3,8H2,1-2H3/t9-,12+/m0/s1. The molecule has 0 amide bonds. The van der Waals surface area contributed by atoms with Gasteiger partial charge in [-0.05, 0) is 31.0 Å². The van der Waals surface area contributed by atoms with Crippen LogP contribution < -0.4 is 5.32 Å². The Morgan fingerprint density at radius 1 is 1.33 bits per heavy atom. The molecule has 0 unspecified atom stereocenters. The maximum absolute atomic E-state index is 9.00. The third-order valence-electron chi connectivity index (χ3n) is 2.44. The van der Waals surface area contributed by atoms with Crippen LogP contribution in [0.1, 0.15) is 31.9 Å². The van der Waals surface area contributed by atoms with Gasteiger partial charge in [0.05, 0.1) is 6.61 Å². The molecule has 2 nitrogen and oxygen atoms in total. The molecule has 0 saturated carbocycles. The van der Waals surface area contributed by atoms with Gasteiger partial charge in [0.2, 0.25) is 0 Å². The van der Waals surface area contributed by atoms with Gasteiger partial charge in [0.1, 0.15) is 0 Å². The first-order valence-corrected chi connectivity index (χ1v) is 6.09. The van der Waals surface area contributed by atoms with Crippen molar-refractivity contribution in [2.45, 2.75) is 32.4 Å². The van der Waals surface area contributed by atoms with Gasteiger partial charge < -0.3 is 10.4 Å². The predicted octanol–water partition coefficient (Wildman–Crippen LogP) is 2.87. The van der Waals surface area contributed by atoms with Gasteiger partial charge in [-0.15, -0.1) is 0 Å². The van der Waals surface area contributed by atoms with Crippen LogP contribution in [0.4, 0.5) is 0 Å². The Hall–Kier alpha value is -0.380. The number of aliphatic hydroxyl groups is 1. The van der Waals surface area contributed by atoms with Crippen LogP contribution in [0.3, 0.4) is 0 Å². The quantitative estimate of drug-likeness (QED) is 0.863. The molecule has 0 fully saturated rings. The van der Waals surface area contributed by atoms with Crippen LogP contribution in [-0.4, -0.2) is 17.8 Å². The zero-order valence-electron chi connectivity index (χ0n) is 9.20. The molecule has 84 valence electrons. The molecule has 0 aromatic heterocycles. The van der Waals surface area contributed by atoms with E-state index in [0.29, 0.717) is 6.04 Å². The third kappa shape index (κ3) is 3.93. The summed E-state index contributed by atoms with van der Waals surface area (Å²) in [6.45, 7) is 4.30. The van der Waals surface area contributed by atoms with E-state index in [4.69, 9.17) is 5.11 Å². The van der Waals surface area contributed by atoms with Gasteiger partial charge in [0.25, 0.3) is 0 Å². The monoisotopic (exact) mass is 271 g/mol. The molecular weight excluding hydrogens is 254 g/mol. The molecule has 1 rings (SSSR count). The summed E-state index contributed by atoms with van der Waals surface area (Å²) in [6, 6.07) is 8.76. The van der Waals surface area contributed by atoms with E-state index < -0.39 is 0 Å². The molecule has 0 radical (unpaired) electrons. The fourth-order valence-electron chi connectivity index (χ4n) is 1.54. The zero-order valence-corrected chi connectivity index (χ0v) is 10.8. The maximum atomic E-state index is 9.00. The topological polar surface area (TPSA) is 32.3 Å². The molecule has 1 aromatic rings. The molecule has 2 N–H and O–H groups in total. The number of hydrogen-bond acceptors (Lipinski definition) is 2. The van der Waals surface area contributed by atoms with Crippen molar-refractivity contribution in [2.75, 3.05) is 6.61 Å². The number of aliphatic hydroxyl groups excluding tert-OH is 1. The number of benzene rings is 1. The average molecular weight is 272 g/mol. The van der Waals surface area contributed by atoms with E-state index in [-0.39, 0.29) is 12.6 Å². The summed E-state index contributed by atoms with van der Waals surface area (Å²) in [5, 5.41) is 12.4. The van der Waals surface area contributed by atoms with Crippen molar-refractivity contribution in [3.05, 3.63) is 34.3 Å². The SMILES string of the molecule is CC[C@@H](N[C@@H](C)CO)c1ccc(Br)cc1. The van der Waals surface area contributed by atoms with E-state index in [1.165, 1.54) is 5.56 Å². The van der Waals surface area contributed by atoms with Crippen molar-refractivity contribution < 1.29 is 5.11 Å². The van der Waals surface area contributed by atoms with Crippen LogP contribution in [0.2, 0.25) is 0 Å². The second kappa shape index (κ2) is 6.26. The Morgan fingerprint density at radius 3 is 2.40 bits per heavy atom. The first kappa shape index (κ1) is 12.7. The average Bonchev–Trinajstić information content (AvgIpc) is 2.27. The fraction of sp³-hybridized carbons (Fsp3) is 0.500. The van der Waals surface area contributed by atoms with Gasteiger partial charge in [-0.25, -0.2) is 0 Å². The molecule has 0 spiro atoms. The number of halogens is 1. The first-order chi connectivity index (χ1) is 7.17. The van der Waals surface area contributed by atoms with Crippen molar-refractivity contribution in [3.8, 4) is 0 Å². The number of nitrogens with one attached hydrogen (secondary N) is 1. The Balaban J connectivity index is 2.69. The van der Waals surface area contributed by atoms with E-state index in [2.05, 4.69) is 40.3 Å². The van der Waals surface area contributed by atoms with Crippen LogP contribution in [-0.2, 0) is 0 Å². The minimum absolute atomic E-state index is 0.138. The lowest BCUT2D eigenvalue weighted by molar-refractivity contribution is 0.239. The lowest BCUT2D eigenvalue weighted by atomic mass is 10.0. The highest BCUT2D eigenvalue weighted by atomic mass is 79.9. The van der Waals surface area contributed by atoms with E-state index >= 15 is 0 Å². The molecule has 2 atom stereocenters. The number of hydrogen-bond donors (Lipinski definition) is 2. The van der Waals surface area contributed by atoms with Gasteiger partial charge >= 0.3 is 0 Å². The second-order valence-electron chi connectivity index (χ2n) is 3.76. The van der Waals surface area contributed by atoms with Crippen LogP contribution >= 0.6 is 15.9 Å². The molecule has 0 saturated heterocycles. The second-order valence-corrected chi connectivity index (χ2v) is 4.68. The van der Waals surface area contributed by atoms with Gasteiger partial charge in [0, 0.05) is 16.6 Å². The summed E-state index contributed by atoms with van der Waals surface area (Å²) in [7, 11) is 0. The van der Waals surface area contributed by atoms with E-state index in [9.17, 15) is 0 Å². The fourth-order valence-corrected chi connectivity index (χ4v) is 1.81. The summed E-state index contributed by atoms with van der Waals surface area (Å²) in [6.07, 6.45) is 1.02. The molecule has 15 heavy (non-hydrogen) atoms. The first-order valence-electron chi connectivity index (χ1n) is 5.29. The Morgan fingerprint density at radius 2 is 1.93 bits per heavy atom. The molecule has 1 aromatic carbocycles. The van der Waals surface area contributed by atoms with Crippen molar-refractivity contribution in [1.29, 1.82) is 0 Å². The van der Waals surface area contributed by atoms with Crippen LogP contribution in [0.5, 0.6) is 0 Å². The van der Waals surface area contributed by atoms with Gasteiger partial charge in [-0.3, -0.25) is 0 Å². The van der Waals surface area contributed by atoms with Gasteiger partial charge in [-0.2, -0.15) is 0 Å². The Labute approximate surface area is 99.8 Å². The van der Waals surface area contributed by atoms with Crippen molar-refractivity contribution in [1.82, 2.24) is 5.32 Å². The molecule has 0 aliphatic rings. The third-order valence-corrected chi connectivity index (χ3v) is 2.97. The Kier molecular flexibility index (Phi) is 5.29. The van der Waals surface area contributed by atoms with Crippen molar-refractivity contribution in [2.24, 2.45) is 0 Å². The van der Waals surface area contributed by atoms with Crippen LogP contribution in [0.25, 0.3) is 0 Å². The normalized spacial score (nSPS) is 14.9. The minimum atomic E-state index is 0.138. The van der Waals surface area contributed by atoms with Crippen molar-refractivity contribution in [3.63, 3.8) is 0 Å². The minimum Gasteiger partial charge on any atom is -0.395 e. The molecule has 0 bridgehead atoms. The summed E-state index contributed by atoms with van der Waals surface area (Å²) in [5.74, 6) is 0. The zero-order chi connectivity index (χ0) is 11.3.